The van der Waals surface area contributed by atoms with Gasteiger partial charge in [0.25, 0.3) is 5.89 Å². The highest BCUT2D eigenvalue weighted by Gasteiger charge is 2.34. The Labute approximate surface area is 133 Å². The molecule has 2 aromatic rings. The third kappa shape index (κ3) is 3.11. The summed E-state index contributed by atoms with van der Waals surface area (Å²) in [6.07, 6.45) is 1.57. The summed E-state index contributed by atoms with van der Waals surface area (Å²) in [7, 11) is 0. The van der Waals surface area contributed by atoms with Crippen molar-refractivity contribution >= 4 is 21.6 Å². The minimum absolute atomic E-state index is 0.418. The van der Waals surface area contributed by atoms with Crippen molar-refractivity contribution in [2.45, 2.75) is 39.2 Å². The summed E-state index contributed by atoms with van der Waals surface area (Å²) in [5.41, 5.74) is 6.83. The number of benzene rings is 1. The molecule has 1 heterocycles. The van der Waals surface area contributed by atoms with E-state index in [0.717, 1.165) is 22.9 Å². The van der Waals surface area contributed by atoms with Gasteiger partial charge in [-0.15, -0.1) is 0 Å². The van der Waals surface area contributed by atoms with Crippen molar-refractivity contribution in [3.05, 3.63) is 28.5 Å². The molecule has 5 nitrogen and oxygen atoms in total. The number of halogens is 1. The topological polar surface area (TPSA) is 74.2 Å². The molecule has 0 radical (unpaired) electrons. The fraction of sp³-hybridized carbons (Fsp3) is 0.467. The van der Waals surface area contributed by atoms with Crippen molar-refractivity contribution < 1.29 is 9.26 Å². The second-order valence-corrected chi connectivity index (χ2v) is 5.70. The third-order valence-corrected chi connectivity index (χ3v) is 4.13. The molecule has 2 N–H and O–H groups in total. The van der Waals surface area contributed by atoms with E-state index in [1.165, 1.54) is 0 Å². The normalized spacial score (nSPS) is 11.8. The molecule has 0 aliphatic carbocycles. The number of nitrogens with zero attached hydrogens (tertiary/aromatic N) is 2. The second-order valence-electron chi connectivity index (χ2n) is 4.79. The zero-order valence-electron chi connectivity index (χ0n) is 12.5. The van der Waals surface area contributed by atoms with Crippen molar-refractivity contribution in [3.8, 4) is 11.5 Å². The first-order valence-corrected chi connectivity index (χ1v) is 7.89. The van der Waals surface area contributed by atoms with E-state index in [2.05, 4.69) is 39.9 Å². The predicted octanol–water partition coefficient (Wildman–Crippen LogP) is 4.13. The molecule has 1 aromatic carbocycles. The first-order valence-electron chi connectivity index (χ1n) is 7.09. The number of nitrogen functional groups attached to an aromatic ring is 1. The number of anilines is 1. The SMILES string of the molecule is CCOC(CC)(CC)c1noc(-c2ccc(Br)cc2N)n1. The quantitative estimate of drug-likeness (QED) is 0.790. The van der Waals surface area contributed by atoms with Crippen molar-refractivity contribution in [1.29, 1.82) is 0 Å². The molecule has 0 unspecified atom stereocenters. The van der Waals surface area contributed by atoms with Crippen molar-refractivity contribution in [1.82, 2.24) is 10.1 Å². The van der Waals surface area contributed by atoms with Gasteiger partial charge >= 0.3 is 0 Å². The van der Waals surface area contributed by atoms with Crippen LogP contribution in [0, 0.1) is 0 Å². The van der Waals surface area contributed by atoms with E-state index >= 15 is 0 Å². The van der Waals surface area contributed by atoms with E-state index in [0.29, 0.717) is 24.0 Å². The summed E-state index contributed by atoms with van der Waals surface area (Å²) < 4.78 is 12.2. The monoisotopic (exact) mass is 353 g/mol. The van der Waals surface area contributed by atoms with E-state index < -0.39 is 5.60 Å². The lowest BCUT2D eigenvalue weighted by Gasteiger charge is -2.27. The van der Waals surface area contributed by atoms with Gasteiger partial charge in [-0.25, -0.2) is 0 Å². The lowest BCUT2D eigenvalue weighted by Crippen LogP contribution is -2.29. The lowest BCUT2D eigenvalue weighted by atomic mass is 9.96. The Bertz CT molecular complexity index is 609. The molecule has 21 heavy (non-hydrogen) atoms. The Balaban J connectivity index is 2.40. The summed E-state index contributed by atoms with van der Waals surface area (Å²) in [5.74, 6) is 0.993. The number of nitrogens with two attached hydrogens (primary N) is 1. The van der Waals surface area contributed by atoms with Gasteiger partial charge in [-0.3, -0.25) is 0 Å². The van der Waals surface area contributed by atoms with Crippen LogP contribution in [0.15, 0.2) is 27.2 Å². The highest BCUT2D eigenvalue weighted by molar-refractivity contribution is 9.10. The molecule has 0 saturated carbocycles. The molecule has 0 bridgehead atoms. The van der Waals surface area contributed by atoms with Gasteiger partial charge in [0, 0.05) is 16.8 Å². The zero-order valence-corrected chi connectivity index (χ0v) is 14.1. The Morgan fingerprint density at radius 3 is 2.57 bits per heavy atom. The minimum atomic E-state index is -0.499. The van der Waals surface area contributed by atoms with Crippen LogP contribution < -0.4 is 5.73 Å². The maximum atomic E-state index is 6.01. The average Bonchev–Trinajstić information content (AvgIpc) is 2.95. The zero-order chi connectivity index (χ0) is 15.5. The molecule has 0 atom stereocenters. The van der Waals surface area contributed by atoms with Crippen LogP contribution in [0.4, 0.5) is 5.69 Å². The predicted molar refractivity (Wildman–Crippen MR) is 85.7 cm³/mol. The smallest absolute Gasteiger partial charge is 0.260 e. The molecule has 1 aromatic heterocycles. The Morgan fingerprint density at radius 2 is 2.00 bits per heavy atom. The van der Waals surface area contributed by atoms with Gasteiger partial charge in [0.05, 0.1) is 5.56 Å². The highest BCUT2D eigenvalue weighted by Crippen LogP contribution is 2.34. The molecular formula is C15H20BrN3O2. The second kappa shape index (κ2) is 6.58. The van der Waals surface area contributed by atoms with Crippen LogP contribution in [-0.4, -0.2) is 16.7 Å². The van der Waals surface area contributed by atoms with E-state index in [-0.39, 0.29) is 0 Å². The summed E-state index contributed by atoms with van der Waals surface area (Å²) in [5, 5.41) is 4.11. The van der Waals surface area contributed by atoms with Crippen molar-refractivity contribution in [2.75, 3.05) is 12.3 Å². The fourth-order valence-corrected chi connectivity index (χ4v) is 2.74. The van der Waals surface area contributed by atoms with Crippen molar-refractivity contribution in [3.63, 3.8) is 0 Å². The minimum Gasteiger partial charge on any atom is -0.398 e. The van der Waals surface area contributed by atoms with E-state index in [1.54, 1.807) is 0 Å². The van der Waals surface area contributed by atoms with Crippen LogP contribution in [0.2, 0.25) is 0 Å². The Morgan fingerprint density at radius 1 is 1.29 bits per heavy atom. The molecule has 114 valence electrons. The maximum absolute atomic E-state index is 6.01. The van der Waals surface area contributed by atoms with E-state index in [9.17, 15) is 0 Å². The van der Waals surface area contributed by atoms with Gasteiger partial charge in [-0.1, -0.05) is 34.9 Å². The van der Waals surface area contributed by atoms with Gasteiger partial charge in [0.1, 0.15) is 5.60 Å². The van der Waals surface area contributed by atoms with Crippen LogP contribution in [0.25, 0.3) is 11.5 Å². The molecule has 0 spiro atoms. The maximum Gasteiger partial charge on any atom is 0.260 e. The first kappa shape index (κ1) is 16.0. The number of hydrogen-bond donors (Lipinski definition) is 1. The van der Waals surface area contributed by atoms with Crippen molar-refractivity contribution in [2.24, 2.45) is 0 Å². The van der Waals surface area contributed by atoms with Crippen LogP contribution in [0.3, 0.4) is 0 Å². The highest BCUT2D eigenvalue weighted by atomic mass is 79.9. The number of hydrogen-bond acceptors (Lipinski definition) is 5. The Hall–Kier alpha value is -1.40. The van der Waals surface area contributed by atoms with Gasteiger partial charge in [0.15, 0.2) is 0 Å². The first-order chi connectivity index (χ1) is 10.1. The fourth-order valence-electron chi connectivity index (χ4n) is 2.36. The molecule has 6 heteroatoms. The third-order valence-electron chi connectivity index (χ3n) is 3.64. The largest absolute Gasteiger partial charge is 0.398 e. The summed E-state index contributed by atoms with van der Waals surface area (Å²) in [6, 6.07) is 5.57. The average molecular weight is 354 g/mol. The van der Waals surface area contributed by atoms with E-state index in [4.69, 9.17) is 15.0 Å². The number of aromatic nitrogens is 2. The Kier molecular flexibility index (Phi) is 5.00. The molecule has 0 fully saturated rings. The van der Waals surface area contributed by atoms with Crippen LogP contribution in [0.1, 0.15) is 39.4 Å². The summed E-state index contributed by atoms with van der Waals surface area (Å²) in [4.78, 5) is 4.51. The van der Waals surface area contributed by atoms with Gasteiger partial charge in [-0.2, -0.15) is 4.98 Å². The van der Waals surface area contributed by atoms with Gasteiger partial charge in [-0.05, 0) is 38.0 Å². The number of rotatable bonds is 6. The molecule has 0 saturated heterocycles. The molecule has 2 rings (SSSR count). The van der Waals surface area contributed by atoms with Gasteiger partial charge < -0.3 is 15.0 Å². The summed E-state index contributed by atoms with van der Waals surface area (Å²) in [6.45, 7) is 6.69. The molecule has 0 amide bonds. The molecule has 0 aliphatic heterocycles. The standard InChI is InChI=1S/C15H20BrN3O2/c1-4-15(5-2,20-6-3)14-18-13(21-19-14)11-8-7-10(16)9-12(11)17/h7-9H,4-6,17H2,1-3H3. The van der Waals surface area contributed by atoms with Crippen LogP contribution in [-0.2, 0) is 10.3 Å². The summed E-state index contributed by atoms with van der Waals surface area (Å²) >= 11 is 3.38. The number of ether oxygens (including phenoxy) is 1. The van der Waals surface area contributed by atoms with Crippen LogP contribution >= 0.6 is 15.9 Å². The van der Waals surface area contributed by atoms with Gasteiger partial charge in [0.2, 0.25) is 5.82 Å². The van der Waals surface area contributed by atoms with E-state index in [1.807, 2.05) is 25.1 Å². The lowest BCUT2D eigenvalue weighted by molar-refractivity contribution is -0.0583. The molecule has 0 aliphatic rings. The molecular weight excluding hydrogens is 334 g/mol. The van der Waals surface area contributed by atoms with Crippen LogP contribution in [0.5, 0.6) is 0 Å².